The molecule has 164 valence electrons. The van der Waals surface area contributed by atoms with Crippen molar-refractivity contribution in [1.29, 1.82) is 0 Å². The highest BCUT2D eigenvalue weighted by Crippen LogP contribution is 2.24. The van der Waals surface area contributed by atoms with Gasteiger partial charge in [-0.15, -0.1) is 0 Å². The topological polar surface area (TPSA) is 74.2 Å². The van der Waals surface area contributed by atoms with Gasteiger partial charge in [0.25, 0.3) is 5.56 Å². The van der Waals surface area contributed by atoms with Crippen molar-refractivity contribution in [3.63, 3.8) is 0 Å². The number of aromatic nitrogens is 3. The molecule has 32 heavy (non-hydrogen) atoms. The van der Waals surface area contributed by atoms with Gasteiger partial charge >= 0.3 is 0 Å². The number of nitrogens with one attached hydrogen (secondary N) is 1. The second-order valence-corrected chi connectivity index (χ2v) is 8.79. The maximum Gasteiger partial charge on any atom is 0.291 e. The first-order valence-corrected chi connectivity index (χ1v) is 11.0. The van der Waals surface area contributed by atoms with E-state index in [1.54, 1.807) is 6.20 Å². The average Bonchev–Trinajstić information content (AvgIpc) is 3.14. The van der Waals surface area contributed by atoms with Gasteiger partial charge in [-0.25, -0.2) is 4.68 Å². The van der Waals surface area contributed by atoms with E-state index in [0.717, 1.165) is 28.4 Å². The maximum atomic E-state index is 13.0. The minimum absolute atomic E-state index is 0.0552. The van der Waals surface area contributed by atoms with Crippen LogP contribution >= 0.6 is 0 Å². The maximum absolute atomic E-state index is 13.0. The normalized spacial score (nSPS) is 16.8. The number of hydrogen-bond donors (Lipinski definition) is 1. The zero-order valence-corrected chi connectivity index (χ0v) is 18.6. The van der Waals surface area contributed by atoms with Gasteiger partial charge in [0.05, 0.1) is 6.20 Å². The Morgan fingerprint density at radius 1 is 1.09 bits per heavy atom. The number of nitrogens with zero attached hydrogens (tertiary/aromatic N) is 4. The van der Waals surface area contributed by atoms with Crippen LogP contribution in [-0.2, 0) is 11.3 Å². The molecule has 0 saturated carbocycles. The molecule has 0 radical (unpaired) electrons. The first-order valence-electron chi connectivity index (χ1n) is 11.0. The fourth-order valence-electron chi connectivity index (χ4n) is 4.65. The molecule has 1 aliphatic heterocycles. The third kappa shape index (κ3) is 3.53. The molecule has 0 aliphatic carbocycles. The van der Waals surface area contributed by atoms with E-state index < -0.39 is 0 Å². The Hall–Kier alpha value is -3.61. The average molecular weight is 430 g/mol. The van der Waals surface area contributed by atoms with E-state index in [2.05, 4.69) is 53.1 Å². The summed E-state index contributed by atoms with van der Waals surface area (Å²) in [6.45, 7) is 8.19. The summed E-state index contributed by atoms with van der Waals surface area (Å²) in [4.78, 5) is 33.4. The molecule has 2 aromatic heterocycles. The first-order chi connectivity index (χ1) is 15.4. The van der Waals surface area contributed by atoms with Gasteiger partial charge in [-0.3, -0.25) is 9.59 Å². The molecule has 1 amide bonds. The zero-order valence-electron chi connectivity index (χ0n) is 18.6. The van der Waals surface area contributed by atoms with Crippen molar-refractivity contribution in [3.05, 3.63) is 70.1 Å². The van der Waals surface area contributed by atoms with Crippen molar-refractivity contribution in [2.24, 2.45) is 0 Å². The Balaban J connectivity index is 1.34. The van der Waals surface area contributed by atoms with Crippen LogP contribution < -0.4 is 10.5 Å². The minimum atomic E-state index is -0.267. The van der Waals surface area contributed by atoms with E-state index in [9.17, 15) is 9.59 Å². The monoisotopic (exact) mass is 429 g/mol. The predicted molar refractivity (Wildman–Crippen MR) is 127 cm³/mol. The summed E-state index contributed by atoms with van der Waals surface area (Å²) in [5.41, 5.74) is 4.65. The van der Waals surface area contributed by atoms with Gasteiger partial charge in [0.1, 0.15) is 12.1 Å². The number of fused-ring (bicyclic) bond motifs is 3. The van der Waals surface area contributed by atoms with Gasteiger partial charge < -0.3 is 14.8 Å². The predicted octanol–water partition coefficient (Wildman–Crippen LogP) is 3.23. The molecular formula is C25H27N5O2. The number of hydrogen-bond acceptors (Lipinski definition) is 4. The van der Waals surface area contributed by atoms with Crippen LogP contribution in [0.25, 0.3) is 21.8 Å². The van der Waals surface area contributed by atoms with Crippen molar-refractivity contribution >= 4 is 33.4 Å². The first kappa shape index (κ1) is 20.3. The van der Waals surface area contributed by atoms with Crippen LogP contribution in [0.15, 0.2) is 53.5 Å². The molecule has 0 spiro atoms. The molecule has 3 heterocycles. The number of anilines is 1. The Bertz CT molecular complexity index is 1390. The lowest BCUT2D eigenvalue weighted by Crippen LogP contribution is -2.54. The van der Waals surface area contributed by atoms with E-state index in [4.69, 9.17) is 0 Å². The fraction of sp³-hybridized carbons (Fsp3) is 0.320. The summed E-state index contributed by atoms with van der Waals surface area (Å²) >= 11 is 0. The Kier molecular flexibility index (Phi) is 4.96. The van der Waals surface area contributed by atoms with Crippen molar-refractivity contribution < 1.29 is 4.79 Å². The molecule has 1 atom stereocenters. The van der Waals surface area contributed by atoms with Crippen molar-refractivity contribution in [2.45, 2.75) is 33.4 Å². The summed E-state index contributed by atoms with van der Waals surface area (Å²) in [5, 5.41) is 6.08. The third-order valence-electron chi connectivity index (χ3n) is 6.37. The molecule has 2 aromatic carbocycles. The van der Waals surface area contributed by atoms with Crippen LogP contribution in [0.2, 0.25) is 0 Å². The second-order valence-electron chi connectivity index (χ2n) is 8.79. The van der Waals surface area contributed by atoms with E-state index in [-0.39, 0.29) is 24.1 Å². The number of aromatic amines is 1. The molecular weight excluding hydrogens is 402 g/mol. The Morgan fingerprint density at radius 3 is 2.69 bits per heavy atom. The number of carbonyl (C=O) groups is 1. The lowest BCUT2D eigenvalue weighted by molar-refractivity contribution is -0.132. The van der Waals surface area contributed by atoms with Crippen molar-refractivity contribution in [1.82, 2.24) is 19.7 Å². The molecule has 5 rings (SSSR count). The molecule has 0 unspecified atom stereocenters. The molecule has 7 heteroatoms. The largest absolute Gasteiger partial charge is 0.365 e. The number of carbonyl (C=O) groups excluding carboxylic acids is 1. The SMILES string of the molecule is Cc1cccc(N2CCN(C(=O)Cn3ncc4c([nH]c5ccc(C)cc54)c3=O)C[C@@H]2C)c1. The van der Waals surface area contributed by atoms with E-state index >= 15 is 0 Å². The standard InChI is InChI=1S/C25H27N5O2/c1-16-5-4-6-19(11-16)29-10-9-28(14-18(29)3)23(31)15-30-25(32)24-21(13-26-30)20-12-17(2)7-8-22(20)27-24/h4-8,11-13,18,27H,9-10,14-15H2,1-3H3/t18-/m0/s1. The number of benzene rings is 2. The van der Waals surface area contributed by atoms with E-state index in [0.29, 0.717) is 18.6 Å². The summed E-state index contributed by atoms with van der Waals surface area (Å²) in [7, 11) is 0. The van der Waals surface area contributed by atoms with Gasteiger partial charge in [-0.1, -0.05) is 23.8 Å². The highest BCUT2D eigenvalue weighted by Gasteiger charge is 2.27. The van der Waals surface area contributed by atoms with Gasteiger partial charge in [-0.2, -0.15) is 5.10 Å². The molecule has 7 nitrogen and oxygen atoms in total. The van der Waals surface area contributed by atoms with E-state index in [1.165, 1.54) is 15.9 Å². The van der Waals surface area contributed by atoms with Gasteiger partial charge in [0.2, 0.25) is 5.91 Å². The number of H-pyrrole nitrogens is 1. The Morgan fingerprint density at radius 2 is 1.91 bits per heavy atom. The summed E-state index contributed by atoms with van der Waals surface area (Å²) in [6.07, 6.45) is 1.68. The smallest absolute Gasteiger partial charge is 0.291 e. The number of piperazine rings is 1. The summed E-state index contributed by atoms with van der Waals surface area (Å²) in [6, 6.07) is 14.6. The van der Waals surface area contributed by atoms with Crippen LogP contribution in [0.1, 0.15) is 18.1 Å². The summed E-state index contributed by atoms with van der Waals surface area (Å²) in [5.74, 6) is -0.0818. The molecule has 1 fully saturated rings. The van der Waals surface area contributed by atoms with Gasteiger partial charge in [-0.05, 0) is 50.6 Å². The summed E-state index contributed by atoms with van der Waals surface area (Å²) < 4.78 is 1.27. The quantitative estimate of drug-likeness (QED) is 0.543. The molecule has 1 aliphatic rings. The zero-order chi connectivity index (χ0) is 22.4. The highest BCUT2D eigenvalue weighted by molar-refractivity contribution is 6.06. The van der Waals surface area contributed by atoms with Crippen LogP contribution in [0.3, 0.4) is 0 Å². The molecule has 1 saturated heterocycles. The van der Waals surface area contributed by atoms with Gasteiger partial charge in [0.15, 0.2) is 0 Å². The lowest BCUT2D eigenvalue weighted by atomic mass is 10.1. The van der Waals surface area contributed by atoms with Crippen LogP contribution in [-0.4, -0.2) is 51.2 Å². The molecule has 4 aromatic rings. The second kappa shape index (κ2) is 7.82. The van der Waals surface area contributed by atoms with Crippen LogP contribution in [0.4, 0.5) is 5.69 Å². The lowest BCUT2D eigenvalue weighted by Gasteiger charge is -2.41. The number of aryl methyl sites for hydroxylation is 2. The minimum Gasteiger partial charge on any atom is -0.365 e. The van der Waals surface area contributed by atoms with Gasteiger partial charge in [0, 0.05) is 47.7 Å². The van der Waals surface area contributed by atoms with Crippen LogP contribution in [0.5, 0.6) is 0 Å². The highest BCUT2D eigenvalue weighted by atomic mass is 16.2. The van der Waals surface area contributed by atoms with E-state index in [1.807, 2.05) is 30.0 Å². The fourth-order valence-corrected chi connectivity index (χ4v) is 4.65. The Labute approximate surface area is 186 Å². The molecule has 1 N–H and O–H groups in total. The van der Waals surface area contributed by atoms with Crippen LogP contribution in [0, 0.1) is 13.8 Å². The number of rotatable bonds is 3. The van der Waals surface area contributed by atoms with Crippen molar-refractivity contribution in [3.8, 4) is 0 Å². The third-order valence-corrected chi connectivity index (χ3v) is 6.37. The number of amides is 1. The molecule has 0 bridgehead atoms. The van der Waals surface area contributed by atoms with Crippen molar-refractivity contribution in [2.75, 3.05) is 24.5 Å².